The van der Waals surface area contributed by atoms with E-state index < -0.39 is 0 Å². The molecule has 0 radical (unpaired) electrons. The summed E-state index contributed by atoms with van der Waals surface area (Å²) in [4.78, 5) is 16.8. The van der Waals surface area contributed by atoms with Crippen LogP contribution in [-0.2, 0) is 7.05 Å². The third-order valence-electron chi connectivity index (χ3n) is 1.99. The highest BCUT2D eigenvalue weighted by Gasteiger charge is 2.20. The van der Waals surface area contributed by atoms with E-state index in [0.717, 1.165) is 5.82 Å². The average Bonchev–Trinajstić information content (AvgIpc) is 2.42. The van der Waals surface area contributed by atoms with Crippen LogP contribution in [0.5, 0.6) is 0 Å². The Labute approximate surface area is 69.6 Å². The van der Waals surface area contributed by atoms with Gasteiger partial charge in [-0.2, -0.15) is 4.98 Å². The summed E-state index contributed by atoms with van der Waals surface area (Å²) >= 11 is 0. The van der Waals surface area contributed by atoms with Crippen molar-refractivity contribution in [1.29, 1.82) is 0 Å². The molecular formula is C7H10N4O. The monoisotopic (exact) mass is 166 g/mol. The topological polar surface area (TPSA) is 50.2 Å². The van der Waals surface area contributed by atoms with Crippen LogP contribution in [0.15, 0.2) is 11.1 Å². The van der Waals surface area contributed by atoms with Crippen LogP contribution in [0.1, 0.15) is 0 Å². The molecule has 64 valence electrons. The molecule has 0 fully saturated rings. The van der Waals surface area contributed by atoms with Gasteiger partial charge in [0.1, 0.15) is 17.8 Å². The van der Waals surface area contributed by atoms with Crippen molar-refractivity contribution in [2.45, 2.75) is 0 Å². The number of hydrogen-bond donors (Lipinski definition) is 1. The molecule has 12 heavy (non-hydrogen) atoms. The number of nitrogens with zero attached hydrogens (tertiary/aromatic N) is 3. The van der Waals surface area contributed by atoms with Gasteiger partial charge in [-0.1, -0.05) is 0 Å². The molecule has 0 unspecified atom stereocenters. The fourth-order valence-electron chi connectivity index (χ4n) is 1.35. The molecule has 0 saturated heterocycles. The van der Waals surface area contributed by atoms with E-state index in [-0.39, 0.29) is 5.56 Å². The van der Waals surface area contributed by atoms with Gasteiger partial charge in [-0.25, -0.2) is 0 Å². The molecule has 5 nitrogen and oxygen atoms in total. The molecule has 0 atom stereocenters. The number of fused-ring (bicyclic) bond motifs is 1. The minimum absolute atomic E-state index is 0.171. The predicted octanol–water partition coefficient (Wildman–Crippen LogP) is -0.401. The van der Waals surface area contributed by atoms with Gasteiger partial charge < -0.3 is 14.8 Å². The Balaban J connectivity index is 2.73. The lowest BCUT2D eigenvalue weighted by molar-refractivity contribution is 0.869. The normalized spacial score (nSPS) is 14.3. The zero-order valence-electron chi connectivity index (χ0n) is 7.03. The van der Waals surface area contributed by atoms with Crippen molar-refractivity contribution in [3.63, 3.8) is 0 Å². The van der Waals surface area contributed by atoms with Crippen LogP contribution in [-0.4, -0.2) is 23.3 Å². The van der Waals surface area contributed by atoms with Gasteiger partial charge in [-0.15, -0.1) is 0 Å². The fraction of sp³-hybridized carbons (Fsp3) is 0.429. The minimum atomic E-state index is -0.171. The Morgan fingerprint density at radius 3 is 3.00 bits per heavy atom. The Hall–Kier alpha value is -1.52. The van der Waals surface area contributed by atoms with Crippen LogP contribution >= 0.6 is 0 Å². The van der Waals surface area contributed by atoms with Crippen LogP contribution in [0.25, 0.3) is 0 Å². The number of rotatable bonds is 0. The molecule has 1 aliphatic heterocycles. The zero-order chi connectivity index (χ0) is 8.72. The van der Waals surface area contributed by atoms with Crippen LogP contribution < -0.4 is 15.8 Å². The number of aryl methyl sites for hydroxylation is 1. The summed E-state index contributed by atoms with van der Waals surface area (Å²) in [5.41, 5.74) is 0.482. The van der Waals surface area contributed by atoms with Crippen molar-refractivity contribution in [3.05, 3.63) is 16.7 Å². The lowest BCUT2D eigenvalue weighted by Gasteiger charge is -2.07. The van der Waals surface area contributed by atoms with E-state index in [1.165, 1.54) is 6.33 Å². The van der Waals surface area contributed by atoms with Crippen molar-refractivity contribution in [3.8, 4) is 0 Å². The van der Waals surface area contributed by atoms with Crippen molar-refractivity contribution in [2.75, 3.05) is 23.9 Å². The van der Waals surface area contributed by atoms with E-state index >= 15 is 0 Å². The van der Waals surface area contributed by atoms with E-state index in [1.807, 2.05) is 19.0 Å². The molecule has 5 heteroatoms. The molecule has 0 spiro atoms. The first-order valence-corrected chi connectivity index (χ1v) is 3.71. The van der Waals surface area contributed by atoms with Crippen molar-refractivity contribution in [2.24, 2.45) is 7.05 Å². The van der Waals surface area contributed by atoms with E-state index in [0.29, 0.717) is 12.4 Å². The van der Waals surface area contributed by atoms with Crippen molar-refractivity contribution in [1.82, 2.24) is 9.55 Å². The fourth-order valence-corrected chi connectivity index (χ4v) is 1.35. The van der Waals surface area contributed by atoms with Crippen LogP contribution in [0.4, 0.5) is 11.5 Å². The predicted molar refractivity (Wildman–Crippen MR) is 46.4 cm³/mol. The summed E-state index contributed by atoms with van der Waals surface area (Å²) in [7, 11) is 3.72. The minimum Gasteiger partial charge on any atom is -0.352 e. The van der Waals surface area contributed by atoms with E-state index in [1.54, 1.807) is 4.57 Å². The standard InChI is InChI=1S/C7H10N4O/c1-10-3-8-6-5(10)7(12)9-4-11(6)2/h4,8H,3H2,1-2H3. The van der Waals surface area contributed by atoms with Gasteiger partial charge in [0.25, 0.3) is 5.56 Å². The van der Waals surface area contributed by atoms with E-state index in [9.17, 15) is 4.79 Å². The van der Waals surface area contributed by atoms with Crippen LogP contribution in [0.2, 0.25) is 0 Å². The van der Waals surface area contributed by atoms with Gasteiger partial charge in [-0.3, -0.25) is 4.79 Å². The second kappa shape index (κ2) is 2.23. The van der Waals surface area contributed by atoms with Crippen molar-refractivity contribution >= 4 is 11.5 Å². The number of aromatic nitrogens is 2. The third-order valence-corrected chi connectivity index (χ3v) is 1.99. The molecule has 2 heterocycles. The zero-order valence-corrected chi connectivity index (χ0v) is 7.03. The Morgan fingerprint density at radius 2 is 2.33 bits per heavy atom. The summed E-state index contributed by atoms with van der Waals surface area (Å²) in [5, 5.41) is 3.11. The Bertz CT molecular complexity index is 370. The molecule has 0 bridgehead atoms. The molecule has 1 aromatic heterocycles. The SMILES string of the molecule is CN1CNc2c1c(=O)ncn2C. The first kappa shape index (κ1) is 7.15. The molecule has 2 rings (SSSR count). The van der Waals surface area contributed by atoms with Gasteiger partial charge in [0.2, 0.25) is 0 Å². The molecule has 1 N–H and O–H groups in total. The lowest BCUT2D eigenvalue weighted by Crippen LogP contribution is -2.22. The largest absolute Gasteiger partial charge is 0.352 e. The van der Waals surface area contributed by atoms with E-state index in [2.05, 4.69) is 10.3 Å². The van der Waals surface area contributed by atoms with Crippen LogP contribution in [0.3, 0.4) is 0 Å². The molecule has 0 aromatic carbocycles. The summed E-state index contributed by atoms with van der Waals surface area (Å²) in [6.45, 7) is 0.671. The van der Waals surface area contributed by atoms with Crippen molar-refractivity contribution < 1.29 is 0 Å². The van der Waals surface area contributed by atoms with Gasteiger partial charge in [0.15, 0.2) is 0 Å². The van der Waals surface area contributed by atoms with Gasteiger partial charge in [-0.05, 0) is 0 Å². The maximum atomic E-state index is 11.3. The molecule has 0 amide bonds. The molecule has 0 saturated carbocycles. The first-order chi connectivity index (χ1) is 5.70. The highest BCUT2D eigenvalue weighted by atomic mass is 16.1. The summed E-state index contributed by atoms with van der Waals surface area (Å²) < 4.78 is 1.81. The van der Waals surface area contributed by atoms with E-state index in [4.69, 9.17) is 0 Å². The number of nitrogens with one attached hydrogen (secondary N) is 1. The van der Waals surface area contributed by atoms with Gasteiger partial charge in [0, 0.05) is 14.1 Å². The molecule has 1 aromatic rings. The number of hydrogen-bond acceptors (Lipinski definition) is 4. The highest BCUT2D eigenvalue weighted by molar-refractivity contribution is 5.69. The summed E-state index contributed by atoms with van der Waals surface area (Å²) in [6.07, 6.45) is 1.52. The summed E-state index contributed by atoms with van der Waals surface area (Å²) in [6, 6.07) is 0. The molecular weight excluding hydrogens is 156 g/mol. The first-order valence-electron chi connectivity index (χ1n) is 3.71. The second-order valence-electron chi connectivity index (χ2n) is 2.89. The molecule has 1 aliphatic rings. The average molecular weight is 166 g/mol. The van der Waals surface area contributed by atoms with Crippen LogP contribution in [0, 0.1) is 0 Å². The van der Waals surface area contributed by atoms with Gasteiger partial charge in [0.05, 0.1) is 6.67 Å². The summed E-state index contributed by atoms with van der Waals surface area (Å²) in [5.74, 6) is 0.845. The highest BCUT2D eigenvalue weighted by Crippen LogP contribution is 2.23. The second-order valence-corrected chi connectivity index (χ2v) is 2.89. The lowest BCUT2D eigenvalue weighted by atomic mass is 10.4. The maximum Gasteiger partial charge on any atom is 0.298 e. The Morgan fingerprint density at radius 1 is 1.58 bits per heavy atom. The maximum absolute atomic E-state index is 11.3. The van der Waals surface area contributed by atoms with Gasteiger partial charge >= 0.3 is 0 Å². The quantitative estimate of drug-likeness (QED) is 0.569. The third kappa shape index (κ3) is 0.792. The Kier molecular flexibility index (Phi) is 1.33. The molecule has 0 aliphatic carbocycles. The smallest absolute Gasteiger partial charge is 0.298 e. The number of anilines is 2.